The van der Waals surface area contributed by atoms with Crippen LogP contribution in [0.15, 0.2) is 24.4 Å². The predicted molar refractivity (Wildman–Crippen MR) is 95.0 cm³/mol. The van der Waals surface area contributed by atoms with Crippen LogP contribution in [0, 0.1) is 17.2 Å². The van der Waals surface area contributed by atoms with Crippen molar-refractivity contribution in [3.63, 3.8) is 0 Å². The van der Waals surface area contributed by atoms with E-state index in [4.69, 9.17) is 14.2 Å². The molecule has 1 fully saturated rings. The van der Waals surface area contributed by atoms with E-state index in [9.17, 15) is 10.1 Å². The van der Waals surface area contributed by atoms with Crippen LogP contribution in [-0.4, -0.2) is 43.9 Å². The highest BCUT2D eigenvalue weighted by Crippen LogP contribution is 2.31. The fourth-order valence-corrected chi connectivity index (χ4v) is 3.44. The van der Waals surface area contributed by atoms with E-state index in [1.54, 1.807) is 25.4 Å². The highest BCUT2D eigenvalue weighted by molar-refractivity contribution is 5.89. The average Bonchev–Trinajstić information content (AvgIpc) is 2.99. The predicted octanol–water partition coefficient (Wildman–Crippen LogP) is 2.03. The van der Waals surface area contributed by atoms with E-state index in [1.165, 1.54) is 7.11 Å². The first kappa shape index (κ1) is 18.0. The van der Waals surface area contributed by atoms with Gasteiger partial charge in [-0.15, -0.1) is 0 Å². The number of hydrogen-bond acceptors (Lipinski definition) is 6. The second-order valence-corrected chi connectivity index (χ2v) is 6.16. The Morgan fingerprint density at radius 3 is 2.81 bits per heavy atom. The summed E-state index contributed by atoms with van der Waals surface area (Å²) in [4.78, 5) is 16.3. The number of nitrogens with zero attached hydrogens (tertiary/aromatic N) is 2. The minimum Gasteiger partial charge on any atom is -0.495 e. The molecular weight excluding hydrogens is 334 g/mol. The number of aromatic nitrogens is 1. The first-order valence-electron chi connectivity index (χ1n) is 8.45. The molecule has 1 aliphatic rings. The topological polar surface area (TPSA) is 93.5 Å². The zero-order chi connectivity index (χ0) is 18.7. The van der Waals surface area contributed by atoms with Gasteiger partial charge in [0.05, 0.1) is 18.7 Å². The highest BCUT2D eigenvalue weighted by atomic mass is 16.5. The van der Waals surface area contributed by atoms with E-state index in [0.717, 1.165) is 17.2 Å². The van der Waals surface area contributed by atoms with Gasteiger partial charge in [0.1, 0.15) is 24.5 Å². The van der Waals surface area contributed by atoms with Crippen LogP contribution in [-0.2, 0) is 9.53 Å². The maximum atomic E-state index is 12.0. The Morgan fingerprint density at radius 2 is 2.15 bits per heavy atom. The summed E-state index contributed by atoms with van der Waals surface area (Å²) in [6, 6.07) is 7.28. The largest absolute Gasteiger partial charge is 0.495 e. The van der Waals surface area contributed by atoms with Gasteiger partial charge in [-0.05, 0) is 30.0 Å². The van der Waals surface area contributed by atoms with Gasteiger partial charge >= 0.3 is 0 Å². The van der Waals surface area contributed by atoms with Crippen molar-refractivity contribution >= 4 is 16.7 Å². The molecule has 7 nitrogen and oxygen atoms in total. The Hall–Kier alpha value is -2.85. The first-order valence-corrected chi connectivity index (χ1v) is 8.45. The third-order valence-corrected chi connectivity index (χ3v) is 4.79. The molecule has 0 bridgehead atoms. The van der Waals surface area contributed by atoms with Crippen LogP contribution in [0.2, 0.25) is 0 Å². The molecule has 2 aromatic rings. The molecule has 3 unspecified atom stereocenters. The molecule has 0 radical (unpaired) electrons. The lowest BCUT2D eigenvalue weighted by atomic mass is 9.96. The van der Waals surface area contributed by atoms with Crippen molar-refractivity contribution in [1.29, 1.82) is 5.26 Å². The van der Waals surface area contributed by atoms with Gasteiger partial charge in [0.15, 0.2) is 0 Å². The van der Waals surface area contributed by atoms with Gasteiger partial charge < -0.3 is 19.5 Å². The molecule has 1 aromatic carbocycles. The Balaban J connectivity index is 1.85. The van der Waals surface area contributed by atoms with Gasteiger partial charge in [0, 0.05) is 24.6 Å². The summed E-state index contributed by atoms with van der Waals surface area (Å²) in [7, 11) is 3.06. The fraction of sp³-hybridized carbons (Fsp3) is 0.421. The molecular formula is C19H21N3O4. The summed E-state index contributed by atoms with van der Waals surface area (Å²) in [5, 5.41) is 13.7. The number of hydrogen-bond donors (Lipinski definition) is 1. The molecule has 0 saturated carbocycles. The number of amides is 1. The molecule has 1 aromatic heterocycles. The summed E-state index contributed by atoms with van der Waals surface area (Å²) in [6.45, 7) is 2.31. The Labute approximate surface area is 151 Å². The van der Waals surface area contributed by atoms with Gasteiger partial charge in [-0.25, -0.2) is 4.98 Å². The van der Waals surface area contributed by atoms with Crippen molar-refractivity contribution in [3.8, 4) is 17.7 Å². The van der Waals surface area contributed by atoms with E-state index >= 15 is 0 Å². The van der Waals surface area contributed by atoms with Gasteiger partial charge in [0.2, 0.25) is 11.8 Å². The van der Waals surface area contributed by atoms with Crippen molar-refractivity contribution in [2.45, 2.75) is 25.5 Å². The lowest BCUT2D eigenvalue weighted by molar-refractivity contribution is -0.128. The molecule has 1 N–H and O–H groups in total. The number of benzene rings is 1. The zero-order valence-electron chi connectivity index (χ0n) is 15.0. The summed E-state index contributed by atoms with van der Waals surface area (Å²) in [5.74, 6) is 0.842. The van der Waals surface area contributed by atoms with Crippen molar-refractivity contribution in [1.82, 2.24) is 10.3 Å². The molecule has 3 rings (SSSR count). The number of fused-ring (bicyclic) bond motifs is 1. The molecule has 1 saturated heterocycles. The third kappa shape index (κ3) is 3.16. The number of pyridine rings is 1. The van der Waals surface area contributed by atoms with Crippen molar-refractivity contribution in [2.24, 2.45) is 5.92 Å². The number of methoxy groups -OCH3 is 2. The second kappa shape index (κ2) is 7.58. The number of carbonyl (C=O) groups is 1. The smallest absolute Gasteiger partial charge is 0.249 e. The van der Waals surface area contributed by atoms with E-state index < -0.39 is 6.10 Å². The molecule has 7 heteroatoms. The maximum Gasteiger partial charge on any atom is 0.249 e. The van der Waals surface area contributed by atoms with Crippen LogP contribution < -0.4 is 14.8 Å². The monoisotopic (exact) mass is 355 g/mol. The van der Waals surface area contributed by atoms with Gasteiger partial charge in [-0.3, -0.25) is 4.79 Å². The lowest BCUT2D eigenvalue weighted by Gasteiger charge is -2.20. The van der Waals surface area contributed by atoms with Gasteiger partial charge in [-0.1, -0.05) is 6.92 Å². The fourth-order valence-electron chi connectivity index (χ4n) is 3.44. The third-order valence-electron chi connectivity index (χ3n) is 4.79. The number of nitriles is 1. The zero-order valence-corrected chi connectivity index (χ0v) is 15.0. The SMILES string of the molecule is CCC1C(COc2nccc3cc(C#N)c(OC)cc23)NC(=O)C1OC. The normalized spacial score (nSPS) is 22.1. The van der Waals surface area contributed by atoms with Crippen LogP contribution in [0.25, 0.3) is 10.8 Å². The van der Waals surface area contributed by atoms with E-state index in [1.807, 2.05) is 13.0 Å². The van der Waals surface area contributed by atoms with E-state index in [2.05, 4.69) is 16.4 Å². The van der Waals surface area contributed by atoms with Gasteiger partial charge in [-0.2, -0.15) is 5.26 Å². The summed E-state index contributed by atoms with van der Waals surface area (Å²) in [6.07, 6.45) is 1.98. The van der Waals surface area contributed by atoms with Crippen molar-refractivity contribution in [2.75, 3.05) is 20.8 Å². The van der Waals surface area contributed by atoms with E-state index in [-0.39, 0.29) is 17.9 Å². The van der Waals surface area contributed by atoms with Crippen LogP contribution in [0.1, 0.15) is 18.9 Å². The van der Waals surface area contributed by atoms with Crippen LogP contribution in [0.3, 0.4) is 0 Å². The number of ether oxygens (including phenoxy) is 3. The minimum atomic E-state index is -0.452. The molecule has 0 spiro atoms. The molecule has 1 aliphatic heterocycles. The maximum absolute atomic E-state index is 12.0. The lowest BCUT2D eigenvalue weighted by Crippen LogP contribution is -2.35. The summed E-state index contributed by atoms with van der Waals surface area (Å²) < 4.78 is 16.5. The highest BCUT2D eigenvalue weighted by Gasteiger charge is 2.41. The molecule has 3 atom stereocenters. The number of rotatable bonds is 6. The molecule has 0 aliphatic carbocycles. The van der Waals surface area contributed by atoms with Crippen molar-refractivity contribution < 1.29 is 19.0 Å². The second-order valence-electron chi connectivity index (χ2n) is 6.16. The van der Waals surface area contributed by atoms with E-state index in [0.29, 0.717) is 23.8 Å². The first-order chi connectivity index (χ1) is 12.6. The number of nitrogens with one attached hydrogen (secondary N) is 1. The van der Waals surface area contributed by atoms with Crippen LogP contribution >= 0.6 is 0 Å². The molecule has 26 heavy (non-hydrogen) atoms. The Kier molecular flexibility index (Phi) is 5.24. The quantitative estimate of drug-likeness (QED) is 0.852. The Morgan fingerprint density at radius 1 is 1.35 bits per heavy atom. The Bertz CT molecular complexity index is 862. The van der Waals surface area contributed by atoms with Gasteiger partial charge in [0.25, 0.3) is 0 Å². The minimum absolute atomic E-state index is 0.0437. The van der Waals surface area contributed by atoms with Crippen LogP contribution in [0.5, 0.6) is 11.6 Å². The average molecular weight is 355 g/mol. The van der Waals surface area contributed by atoms with Crippen molar-refractivity contribution in [3.05, 3.63) is 30.0 Å². The van der Waals surface area contributed by atoms with Crippen LogP contribution in [0.4, 0.5) is 0 Å². The summed E-state index contributed by atoms with van der Waals surface area (Å²) >= 11 is 0. The summed E-state index contributed by atoms with van der Waals surface area (Å²) in [5.41, 5.74) is 0.453. The molecule has 2 heterocycles. The molecule has 136 valence electrons. The number of carbonyl (C=O) groups excluding carboxylic acids is 1. The molecule has 1 amide bonds. The standard InChI is InChI=1S/C19H21N3O4/c1-4-13-15(22-18(23)17(13)25-3)10-26-19-14-8-16(24-2)12(9-20)7-11(14)5-6-21-19/h5-8,13,15,17H,4,10H2,1-3H3,(H,22,23).